The summed E-state index contributed by atoms with van der Waals surface area (Å²) >= 11 is 0. The molecule has 1 aliphatic heterocycles. The average Bonchev–Trinajstić information content (AvgIpc) is 2.62. The van der Waals surface area contributed by atoms with Gasteiger partial charge < -0.3 is 15.4 Å². The van der Waals surface area contributed by atoms with Gasteiger partial charge in [0.2, 0.25) is 11.8 Å². The Labute approximate surface area is 156 Å². The third kappa shape index (κ3) is 4.50. The second-order valence-corrected chi connectivity index (χ2v) is 6.86. The summed E-state index contributed by atoms with van der Waals surface area (Å²) in [5, 5.41) is 0. The van der Waals surface area contributed by atoms with Gasteiger partial charge in [-0.1, -0.05) is 0 Å². The van der Waals surface area contributed by atoms with Crippen molar-refractivity contribution in [2.24, 2.45) is 5.92 Å². The SMILES string of the molecule is CC(C)Oc1cc(N2CCC[C@@H](C(=O)c3cc(F)ccc3F)C2)nc(N)n1. The van der Waals surface area contributed by atoms with Crippen LogP contribution < -0.4 is 15.4 Å². The fraction of sp³-hybridized carbons (Fsp3) is 0.421. The van der Waals surface area contributed by atoms with Crippen molar-refractivity contribution >= 4 is 17.5 Å². The van der Waals surface area contributed by atoms with Crippen LogP contribution in [0.2, 0.25) is 0 Å². The molecule has 0 saturated carbocycles. The molecule has 8 heteroatoms. The van der Waals surface area contributed by atoms with Gasteiger partial charge in [-0.25, -0.2) is 8.78 Å². The molecule has 0 aliphatic carbocycles. The van der Waals surface area contributed by atoms with Gasteiger partial charge in [-0.3, -0.25) is 4.79 Å². The first-order valence-corrected chi connectivity index (χ1v) is 8.89. The normalized spacial score (nSPS) is 17.2. The Morgan fingerprint density at radius 3 is 2.81 bits per heavy atom. The van der Waals surface area contributed by atoms with Crippen molar-refractivity contribution in [2.45, 2.75) is 32.8 Å². The Bertz CT molecular complexity index is 844. The highest BCUT2D eigenvalue weighted by molar-refractivity contribution is 5.98. The summed E-state index contributed by atoms with van der Waals surface area (Å²) < 4.78 is 33.0. The van der Waals surface area contributed by atoms with Crippen LogP contribution in [0.5, 0.6) is 5.88 Å². The minimum absolute atomic E-state index is 0.0706. The minimum atomic E-state index is -0.711. The highest BCUT2D eigenvalue weighted by Gasteiger charge is 2.29. The zero-order chi connectivity index (χ0) is 19.6. The van der Waals surface area contributed by atoms with E-state index in [0.29, 0.717) is 31.2 Å². The number of piperidine rings is 1. The Morgan fingerprint density at radius 2 is 2.07 bits per heavy atom. The van der Waals surface area contributed by atoms with E-state index in [4.69, 9.17) is 10.5 Å². The second kappa shape index (κ2) is 7.85. The Morgan fingerprint density at radius 1 is 1.30 bits per heavy atom. The highest BCUT2D eigenvalue weighted by atomic mass is 19.1. The van der Waals surface area contributed by atoms with E-state index < -0.39 is 23.3 Å². The zero-order valence-corrected chi connectivity index (χ0v) is 15.3. The maximum absolute atomic E-state index is 14.0. The van der Waals surface area contributed by atoms with E-state index in [0.717, 1.165) is 24.6 Å². The first kappa shape index (κ1) is 19.0. The van der Waals surface area contributed by atoms with Crippen LogP contribution in [0.3, 0.4) is 0 Å². The maximum atomic E-state index is 14.0. The predicted molar refractivity (Wildman–Crippen MR) is 97.8 cm³/mol. The Kier molecular flexibility index (Phi) is 5.53. The number of benzene rings is 1. The van der Waals surface area contributed by atoms with Gasteiger partial charge in [0.25, 0.3) is 0 Å². The van der Waals surface area contributed by atoms with E-state index in [9.17, 15) is 13.6 Å². The quantitative estimate of drug-likeness (QED) is 0.807. The van der Waals surface area contributed by atoms with Crippen LogP contribution in [0.25, 0.3) is 0 Å². The van der Waals surface area contributed by atoms with Crippen LogP contribution in [0.1, 0.15) is 37.0 Å². The van der Waals surface area contributed by atoms with E-state index in [1.807, 2.05) is 18.7 Å². The van der Waals surface area contributed by atoms with Gasteiger partial charge >= 0.3 is 0 Å². The van der Waals surface area contributed by atoms with Crippen LogP contribution in [0.4, 0.5) is 20.5 Å². The number of halogens is 2. The number of ketones is 1. The molecule has 1 aromatic carbocycles. The summed E-state index contributed by atoms with van der Waals surface area (Å²) in [5.41, 5.74) is 5.56. The van der Waals surface area contributed by atoms with Crippen molar-refractivity contribution in [3.05, 3.63) is 41.5 Å². The Balaban J connectivity index is 1.81. The molecule has 144 valence electrons. The lowest BCUT2D eigenvalue weighted by molar-refractivity contribution is 0.0902. The number of hydrogen-bond donors (Lipinski definition) is 1. The third-order valence-corrected chi connectivity index (χ3v) is 4.37. The molecular formula is C19H22F2N4O2. The summed E-state index contributed by atoms with van der Waals surface area (Å²) in [5.74, 6) is -1.22. The van der Waals surface area contributed by atoms with Crippen molar-refractivity contribution in [3.8, 4) is 5.88 Å². The van der Waals surface area contributed by atoms with Crippen molar-refractivity contribution in [3.63, 3.8) is 0 Å². The van der Waals surface area contributed by atoms with E-state index in [1.165, 1.54) is 0 Å². The predicted octanol–water partition coefficient (Wildman–Crippen LogP) is 3.22. The number of carbonyl (C=O) groups excluding carboxylic acids is 1. The summed E-state index contributed by atoms with van der Waals surface area (Å²) in [6.07, 6.45) is 1.25. The number of ether oxygens (including phenoxy) is 1. The minimum Gasteiger partial charge on any atom is -0.475 e. The van der Waals surface area contributed by atoms with Gasteiger partial charge in [-0.05, 0) is 44.9 Å². The zero-order valence-electron chi connectivity index (χ0n) is 15.3. The molecule has 0 unspecified atom stereocenters. The molecule has 1 saturated heterocycles. The number of carbonyl (C=O) groups is 1. The Hall–Kier alpha value is -2.77. The van der Waals surface area contributed by atoms with Crippen LogP contribution >= 0.6 is 0 Å². The summed E-state index contributed by atoms with van der Waals surface area (Å²) in [6.45, 7) is 4.77. The van der Waals surface area contributed by atoms with E-state index in [2.05, 4.69) is 9.97 Å². The molecule has 2 heterocycles. The van der Waals surface area contributed by atoms with Gasteiger partial charge in [0.05, 0.1) is 11.7 Å². The lowest BCUT2D eigenvalue weighted by Gasteiger charge is -2.33. The number of hydrogen-bond acceptors (Lipinski definition) is 6. The molecule has 3 rings (SSSR count). The van der Waals surface area contributed by atoms with E-state index >= 15 is 0 Å². The lowest BCUT2D eigenvalue weighted by atomic mass is 9.89. The first-order valence-electron chi connectivity index (χ1n) is 8.89. The van der Waals surface area contributed by atoms with E-state index in [-0.39, 0.29) is 17.6 Å². The molecule has 27 heavy (non-hydrogen) atoms. The topological polar surface area (TPSA) is 81.3 Å². The van der Waals surface area contributed by atoms with Gasteiger partial charge in [0.15, 0.2) is 5.78 Å². The molecule has 0 bridgehead atoms. The van der Waals surface area contributed by atoms with Crippen LogP contribution in [-0.4, -0.2) is 34.9 Å². The van der Waals surface area contributed by atoms with Crippen molar-refractivity contribution in [1.82, 2.24) is 9.97 Å². The number of nitrogens with zero attached hydrogens (tertiary/aromatic N) is 3. The molecule has 1 aromatic heterocycles. The van der Waals surface area contributed by atoms with Crippen LogP contribution in [-0.2, 0) is 0 Å². The molecule has 2 aromatic rings. The molecular weight excluding hydrogens is 354 g/mol. The van der Waals surface area contributed by atoms with Crippen LogP contribution in [0.15, 0.2) is 24.3 Å². The molecule has 0 amide bonds. The maximum Gasteiger partial charge on any atom is 0.225 e. The summed E-state index contributed by atoms with van der Waals surface area (Å²) in [6, 6.07) is 4.60. The standard InChI is InChI=1S/C19H22F2N4O2/c1-11(2)27-17-9-16(23-19(22)24-17)25-7-3-4-12(10-25)18(26)14-8-13(20)5-6-15(14)21/h5-6,8-9,11-12H,3-4,7,10H2,1-2H3,(H2,22,23,24)/t12-/m1/s1. The van der Waals surface area contributed by atoms with Gasteiger partial charge in [-0.15, -0.1) is 0 Å². The summed E-state index contributed by atoms with van der Waals surface area (Å²) in [4.78, 5) is 22.9. The molecule has 0 spiro atoms. The molecule has 1 fully saturated rings. The van der Waals surface area contributed by atoms with Crippen molar-refractivity contribution in [1.29, 1.82) is 0 Å². The number of nitrogens with two attached hydrogens (primary N) is 1. The average molecular weight is 376 g/mol. The highest BCUT2D eigenvalue weighted by Crippen LogP contribution is 2.27. The number of aromatic nitrogens is 2. The fourth-order valence-corrected chi connectivity index (χ4v) is 3.20. The smallest absolute Gasteiger partial charge is 0.225 e. The van der Waals surface area contributed by atoms with Gasteiger partial charge in [-0.2, -0.15) is 9.97 Å². The molecule has 1 atom stereocenters. The van der Waals surface area contributed by atoms with Gasteiger partial charge in [0, 0.05) is 25.1 Å². The number of Topliss-reactive ketones (excluding diaryl/α,β-unsaturated/α-hetero) is 1. The summed E-state index contributed by atoms with van der Waals surface area (Å²) in [7, 11) is 0. The molecule has 2 N–H and O–H groups in total. The van der Waals surface area contributed by atoms with Crippen molar-refractivity contribution < 1.29 is 18.3 Å². The fourth-order valence-electron chi connectivity index (χ4n) is 3.20. The number of anilines is 2. The first-order chi connectivity index (χ1) is 12.8. The number of nitrogen functional groups attached to an aromatic ring is 1. The lowest BCUT2D eigenvalue weighted by Crippen LogP contribution is -2.39. The third-order valence-electron chi connectivity index (χ3n) is 4.37. The largest absolute Gasteiger partial charge is 0.475 e. The second-order valence-electron chi connectivity index (χ2n) is 6.86. The molecule has 0 radical (unpaired) electrons. The molecule has 1 aliphatic rings. The van der Waals surface area contributed by atoms with E-state index in [1.54, 1.807) is 6.07 Å². The number of rotatable bonds is 5. The van der Waals surface area contributed by atoms with Crippen LogP contribution in [0, 0.1) is 17.6 Å². The molecule has 6 nitrogen and oxygen atoms in total. The van der Waals surface area contributed by atoms with Gasteiger partial charge in [0.1, 0.15) is 17.5 Å². The monoisotopic (exact) mass is 376 g/mol. The van der Waals surface area contributed by atoms with Crippen molar-refractivity contribution in [2.75, 3.05) is 23.7 Å².